The maximum Gasteiger partial charge on any atom is 0.217 e. The van der Waals surface area contributed by atoms with Gasteiger partial charge in [0.25, 0.3) is 0 Å². The van der Waals surface area contributed by atoms with Gasteiger partial charge < -0.3 is 0 Å². The summed E-state index contributed by atoms with van der Waals surface area (Å²) < 4.78 is 28.4. The van der Waals surface area contributed by atoms with E-state index in [2.05, 4.69) is 21.3 Å². The molecule has 0 radical (unpaired) electrons. The number of hydrogen-bond acceptors (Lipinski definition) is 7. The summed E-state index contributed by atoms with van der Waals surface area (Å²) in [6, 6.07) is 11.6. The van der Waals surface area contributed by atoms with Crippen LogP contribution in [0, 0.1) is 11.3 Å². The molecule has 166 valence electrons. The third-order valence-electron chi connectivity index (χ3n) is 6.35. The van der Waals surface area contributed by atoms with E-state index in [0.29, 0.717) is 17.1 Å². The van der Waals surface area contributed by atoms with Gasteiger partial charge in [-0.15, -0.1) is 0 Å². The zero-order valence-corrected chi connectivity index (χ0v) is 18.4. The van der Waals surface area contributed by atoms with Crippen LogP contribution in [0.25, 0.3) is 33.7 Å². The fourth-order valence-electron chi connectivity index (χ4n) is 4.37. The van der Waals surface area contributed by atoms with E-state index in [1.807, 2.05) is 30.3 Å². The molecule has 0 amide bonds. The number of rotatable bonds is 6. The van der Waals surface area contributed by atoms with Crippen LogP contribution in [0.4, 0.5) is 0 Å². The van der Waals surface area contributed by atoms with Crippen LogP contribution in [0.3, 0.4) is 0 Å². The van der Waals surface area contributed by atoms with Crippen molar-refractivity contribution in [1.82, 2.24) is 34.3 Å². The van der Waals surface area contributed by atoms with E-state index in [1.54, 1.807) is 23.3 Å². The number of fused-ring (bicyclic) bond motifs is 1. The van der Waals surface area contributed by atoms with Crippen molar-refractivity contribution in [1.29, 1.82) is 5.26 Å². The van der Waals surface area contributed by atoms with Gasteiger partial charge in [-0.25, -0.2) is 13.4 Å². The van der Waals surface area contributed by atoms with Crippen LogP contribution in [0.15, 0.2) is 48.9 Å². The van der Waals surface area contributed by atoms with Crippen LogP contribution >= 0.6 is 0 Å². The topological polar surface area (TPSA) is 133 Å². The molecular formula is C22H20N8O2S. The maximum absolute atomic E-state index is 12.6. The van der Waals surface area contributed by atoms with Gasteiger partial charge in [0.05, 0.1) is 34.6 Å². The summed E-state index contributed by atoms with van der Waals surface area (Å²) in [5.74, 6) is 0. The molecule has 5 heterocycles. The Labute approximate surface area is 189 Å². The first-order valence-corrected chi connectivity index (χ1v) is 12.2. The minimum absolute atomic E-state index is 0.175. The average molecular weight is 461 g/mol. The number of nitriles is 1. The first-order chi connectivity index (χ1) is 16.0. The number of aromatic nitrogens is 6. The second-order valence-electron chi connectivity index (χ2n) is 8.61. The van der Waals surface area contributed by atoms with Gasteiger partial charge in [-0.1, -0.05) is 0 Å². The van der Waals surface area contributed by atoms with E-state index in [9.17, 15) is 13.7 Å². The third kappa shape index (κ3) is 3.21. The van der Waals surface area contributed by atoms with E-state index < -0.39 is 15.6 Å². The van der Waals surface area contributed by atoms with Crippen LogP contribution in [-0.4, -0.2) is 61.0 Å². The maximum atomic E-state index is 12.6. The fraction of sp³-hybridized carbons (Fsp3) is 0.318. The molecule has 1 N–H and O–H groups in total. The SMILES string of the molecule is N#CCC1(n2ccc(-c3nc(-c4ccn[nH]4)cc4ncccc34)n2)CN(S(=O)(=O)C2CC2)C1. The summed E-state index contributed by atoms with van der Waals surface area (Å²) in [6.07, 6.45) is 6.81. The van der Waals surface area contributed by atoms with Crippen LogP contribution in [0.5, 0.6) is 0 Å². The molecule has 0 aromatic carbocycles. The van der Waals surface area contributed by atoms with Gasteiger partial charge in [-0.2, -0.15) is 19.8 Å². The normalized spacial score (nSPS) is 18.2. The molecule has 10 nitrogen and oxygen atoms in total. The molecule has 2 fully saturated rings. The molecule has 33 heavy (non-hydrogen) atoms. The van der Waals surface area contributed by atoms with Crippen molar-refractivity contribution in [2.45, 2.75) is 30.1 Å². The Bertz CT molecular complexity index is 1490. The third-order valence-corrected chi connectivity index (χ3v) is 8.64. The van der Waals surface area contributed by atoms with Crippen molar-refractivity contribution in [3.8, 4) is 28.8 Å². The molecule has 1 aliphatic heterocycles. The first-order valence-electron chi connectivity index (χ1n) is 10.7. The molecule has 1 saturated heterocycles. The van der Waals surface area contributed by atoms with E-state index in [0.717, 1.165) is 29.4 Å². The van der Waals surface area contributed by atoms with Gasteiger partial charge in [0.15, 0.2) is 0 Å². The smallest absolute Gasteiger partial charge is 0.217 e. The second kappa shape index (κ2) is 7.19. The van der Waals surface area contributed by atoms with Crippen molar-refractivity contribution in [3.05, 3.63) is 48.9 Å². The second-order valence-corrected chi connectivity index (χ2v) is 10.8. The van der Waals surface area contributed by atoms with E-state index >= 15 is 0 Å². The average Bonchev–Trinajstić information content (AvgIpc) is 3.31. The monoisotopic (exact) mass is 460 g/mol. The zero-order chi connectivity index (χ0) is 22.6. The van der Waals surface area contributed by atoms with Crippen molar-refractivity contribution < 1.29 is 8.42 Å². The highest BCUT2D eigenvalue weighted by atomic mass is 32.2. The molecule has 1 aliphatic carbocycles. The van der Waals surface area contributed by atoms with Gasteiger partial charge in [-0.05, 0) is 43.2 Å². The van der Waals surface area contributed by atoms with Crippen LogP contribution in [-0.2, 0) is 15.6 Å². The molecule has 11 heteroatoms. The molecule has 6 rings (SSSR count). The number of H-pyrrole nitrogens is 1. The Kier molecular flexibility index (Phi) is 4.36. The van der Waals surface area contributed by atoms with Crippen LogP contribution in [0.1, 0.15) is 19.3 Å². The summed E-state index contributed by atoms with van der Waals surface area (Å²) in [6.45, 7) is 0.509. The van der Waals surface area contributed by atoms with Crippen LogP contribution in [0.2, 0.25) is 0 Å². The molecule has 2 aliphatic rings. The predicted molar refractivity (Wildman–Crippen MR) is 120 cm³/mol. The molecule has 4 aromatic heterocycles. The van der Waals surface area contributed by atoms with E-state index in [1.165, 1.54) is 4.31 Å². The van der Waals surface area contributed by atoms with Gasteiger partial charge in [-0.3, -0.25) is 14.8 Å². The number of aromatic amines is 1. The largest absolute Gasteiger partial charge is 0.276 e. The number of sulfonamides is 1. The van der Waals surface area contributed by atoms with Crippen molar-refractivity contribution >= 4 is 20.9 Å². The minimum atomic E-state index is -3.28. The zero-order valence-electron chi connectivity index (χ0n) is 17.6. The van der Waals surface area contributed by atoms with E-state index in [4.69, 9.17) is 10.1 Å². The van der Waals surface area contributed by atoms with Gasteiger partial charge >= 0.3 is 0 Å². The molecule has 0 atom stereocenters. The molecular weight excluding hydrogens is 440 g/mol. The highest BCUT2D eigenvalue weighted by molar-refractivity contribution is 7.90. The Balaban J connectivity index is 1.39. The highest BCUT2D eigenvalue weighted by Crippen LogP contribution is 2.40. The quantitative estimate of drug-likeness (QED) is 0.467. The lowest BCUT2D eigenvalue weighted by atomic mass is 9.89. The standard InChI is InChI=1S/C22H20N8O2S/c23-8-7-22(13-29(14-22)33(31,32)15-3-4-15)30-11-6-18(28-30)21-16-2-1-9-24-19(16)12-20(26-21)17-5-10-25-27-17/h1-2,5-6,9-12,15H,3-4,7,13-14H2,(H,25,27). The lowest BCUT2D eigenvalue weighted by Crippen LogP contribution is -2.64. The lowest BCUT2D eigenvalue weighted by molar-refractivity contribution is 0.0718. The van der Waals surface area contributed by atoms with Crippen LogP contribution < -0.4 is 0 Å². The number of nitrogens with zero attached hydrogens (tertiary/aromatic N) is 7. The number of pyridine rings is 2. The Morgan fingerprint density at radius 1 is 1.18 bits per heavy atom. The van der Waals surface area contributed by atoms with Gasteiger partial charge in [0.1, 0.15) is 16.9 Å². The molecule has 0 bridgehead atoms. The minimum Gasteiger partial charge on any atom is -0.276 e. The molecule has 1 saturated carbocycles. The van der Waals surface area contributed by atoms with Crippen molar-refractivity contribution in [2.75, 3.05) is 13.1 Å². The number of nitrogens with one attached hydrogen (secondary N) is 1. The van der Waals surface area contributed by atoms with E-state index in [-0.39, 0.29) is 24.8 Å². The summed E-state index contributed by atoms with van der Waals surface area (Å²) in [7, 11) is -3.28. The van der Waals surface area contributed by atoms with Gasteiger partial charge in [0.2, 0.25) is 10.0 Å². The first kappa shape index (κ1) is 20.0. The molecule has 4 aromatic rings. The lowest BCUT2D eigenvalue weighted by Gasteiger charge is -2.48. The van der Waals surface area contributed by atoms with Gasteiger partial charge in [0, 0.05) is 37.1 Å². The number of hydrogen-bond donors (Lipinski definition) is 1. The summed E-state index contributed by atoms with van der Waals surface area (Å²) in [4.78, 5) is 9.31. The Morgan fingerprint density at radius 3 is 2.76 bits per heavy atom. The highest BCUT2D eigenvalue weighted by Gasteiger charge is 2.53. The summed E-state index contributed by atoms with van der Waals surface area (Å²) in [5.41, 5.74) is 2.86. The summed E-state index contributed by atoms with van der Waals surface area (Å²) >= 11 is 0. The molecule has 0 spiro atoms. The van der Waals surface area contributed by atoms with Crippen molar-refractivity contribution in [3.63, 3.8) is 0 Å². The van der Waals surface area contributed by atoms with Crippen molar-refractivity contribution in [2.24, 2.45) is 0 Å². The Hall–Kier alpha value is -3.62. The predicted octanol–water partition coefficient (Wildman–Crippen LogP) is 2.30. The summed E-state index contributed by atoms with van der Waals surface area (Å²) in [5, 5.41) is 21.8. The Morgan fingerprint density at radius 2 is 2.03 bits per heavy atom. The molecule has 0 unspecified atom stereocenters. The fourth-order valence-corrected chi connectivity index (χ4v) is 6.37.